The van der Waals surface area contributed by atoms with Gasteiger partial charge in [-0.05, 0) is 55.7 Å². The van der Waals surface area contributed by atoms with Crippen molar-refractivity contribution in [2.45, 2.75) is 44.6 Å². The molecule has 1 nitrogen and oxygen atoms in total. The molecule has 0 fully saturated rings. The Labute approximate surface area is 118 Å². The first-order chi connectivity index (χ1) is 9.33. The molecule has 1 aliphatic carbocycles. The van der Waals surface area contributed by atoms with E-state index in [4.69, 9.17) is 0 Å². The van der Waals surface area contributed by atoms with Crippen molar-refractivity contribution in [3.8, 4) is 0 Å². The Morgan fingerprint density at radius 1 is 1.11 bits per heavy atom. The molecule has 3 rings (SSSR count). The Kier molecular flexibility index (Phi) is 4.00. The van der Waals surface area contributed by atoms with E-state index in [1.165, 1.54) is 46.6 Å². The van der Waals surface area contributed by atoms with E-state index < -0.39 is 0 Å². The molecule has 1 aliphatic rings. The summed E-state index contributed by atoms with van der Waals surface area (Å²) in [6, 6.07) is 12.7. The van der Waals surface area contributed by atoms with E-state index in [0.717, 1.165) is 12.8 Å². The minimum atomic E-state index is -0.296. The SMILES string of the molecule is OC(CCc1ccccc1)c1cc2c(s1)CCCC2. The highest BCUT2D eigenvalue weighted by molar-refractivity contribution is 7.12. The van der Waals surface area contributed by atoms with E-state index in [1.807, 2.05) is 17.4 Å². The summed E-state index contributed by atoms with van der Waals surface area (Å²) in [6.07, 6.45) is 6.52. The Balaban J connectivity index is 1.64. The molecule has 100 valence electrons. The smallest absolute Gasteiger partial charge is 0.0885 e. The highest BCUT2D eigenvalue weighted by Crippen LogP contribution is 2.34. The molecule has 1 heterocycles. The van der Waals surface area contributed by atoms with Crippen molar-refractivity contribution in [1.82, 2.24) is 0 Å². The first-order valence-corrected chi connectivity index (χ1v) is 7.98. The Morgan fingerprint density at radius 2 is 1.89 bits per heavy atom. The largest absolute Gasteiger partial charge is 0.388 e. The van der Waals surface area contributed by atoms with Crippen molar-refractivity contribution < 1.29 is 5.11 Å². The molecule has 1 N–H and O–H groups in total. The maximum atomic E-state index is 10.3. The van der Waals surface area contributed by atoms with Crippen molar-refractivity contribution in [2.24, 2.45) is 0 Å². The standard InChI is InChI=1S/C17H20OS/c18-15(11-10-13-6-2-1-3-7-13)17-12-14-8-4-5-9-16(14)19-17/h1-3,6-7,12,15,18H,4-5,8-11H2. The van der Waals surface area contributed by atoms with Gasteiger partial charge in [0.1, 0.15) is 0 Å². The predicted molar refractivity (Wildman–Crippen MR) is 80.7 cm³/mol. The van der Waals surface area contributed by atoms with Gasteiger partial charge in [-0.1, -0.05) is 30.3 Å². The molecule has 0 spiro atoms. The quantitative estimate of drug-likeness (QED) is 0.880. The molecule has 0 amide bonds. The molecule has 0 radical (unpaired) electrons. The van der Waals surface area contributed by atoms with Crippen LogP contribution in [-0.2, 0) is 19.3 Å². The van der Waals surface area contributed by atoms with Gasteiger partial charge in [-0.2, -0.15) is 0 Å². The molecule has 1 aromatic carbocycles. The van der Waals surface area contributed by atoms with Crippen molar-refractivity contribution in [2.75, 3.05) is 0 Å². The van der Waals surface area contributed by atoms with E-state index in [0.29, 0.717) is 0 Å². The maximum absolute atomic E-state index is 10.3. The lowest BCUT2D eigenvalue weighted by Crippen LogP contribution is -1.97. The molecule has 1 unspecified atom stereocenters. The summed E-state index contributed by atoms with van der Waals surface area (Å²) in [6.45, 7) is 0. The van der Waals surface area contributed by atoms with Crippen LogP contribution in [-0.4, -0.2) is 5.11 Å². The number of aliphatic hydroxyl groups is 1. The van der Waals surface area contributed by atoms with Crippen LogP contribution in [0.5, 0.6) is 0 Å². The van der Waals surface area contributed by atoms with Crippen molar-refractivity contribution in [1.29, 1.82) is 0 Å². The van der Waals surface area contributed by atoms with Gasteiger partial charge in [0.2, 0.25) is 0 Å². The molecular formula is C17H20OS. The van der Waals surface area contributed by atoms with Crippen LogP contribution in [0.25, 0.3) is 0 Å². The number of hydrogen-bond acceptors (Lipinski definition) is 2. The zero-order valence-electron chi connectivity index (χ0n) is 11.1. The fourth-order valence-corrected chi connectivity index (χ4v) is 4.05. The molecule has 2 heteroatoms. The molecule has 2 aromatic rings. The summed E-state index contributed by atoms with van der Waals surface area (Å²) in [7, 11) is 0. The second-order valence-corrected chi connectivity index (χ2v) is 6.51. The summed E-state index contributed by atoms with van der Waals surface area (Å²) in [5, 5.41) is 10.3. The van der Waals surface area contributed by atoms with Crippen molar-refractivity contribution in [3.05, 3.63) is 57.3 Å². The van der Waals surface area contributed by atoms with E-state index in [9.17, 15) is 5.11 Å². The lowest BCUT2D eigenvalue weighted by Gasteiger charge is -2.08. The van der Waals surface area contributed by atoms with E-state index in [2.05, 4.69) is 30.3 Å². The van der Waals surface area contributed by atoms with E-state index in [-0.39, 0.29) is 6.10 Å². The van der Waals surface area contributed by atoms with Gasteiger partial charge in [-0.3, -0.25) is 0 Å². The number of hydrogen-bond donors (Lipinski definition) is 1. The van der Waals surface area contributed by atoms with Crippen LogP contribution in [0, 0.1) is 0 Å². The fraction of sp³-hybridized carbons (Fsp3) is 0.412. The van der Waals surface area contributed by atoms with E-state index in [1.54, 1.807) is 0 Å². The van der Waals surface area contributed by atoms with Crippen LogP contribution in [0.3, 0.4) is 0 Å². The normalized spacial score (nSPS) is 16.1. The molecular weight excluding hydrogens is 252 g/mol. The summed E-state index contributed by atoms with van der Waals surface area (Å²) in [4.78, 5) is 2.68. The van der Waals surface area contributed by atoms with Gasteiger partial charge >= 0.3 is 0 Å². The number of aryl methyl sites for hydroxylation is 3. The molecule has 1 atom stereocenters. The molecule has 0 aliphatic heterocycles. The molecule has 1 aromatic heterocycles. The minimum Gasteiger partial charge on any atom is -0.388 e. The van der Waals surface area contributed by atoms with E-state index >= 15 is 0 Å². The second kappa shape index (κ2) is 5.89. The fourth-order valence-electron chi connectivity index (χ4n) is 2.77. The highest BCUT2D eigenvalue weighted by atomic mass is 32.1. The third-order valence-electron chi connectivity index (χ3n) is 3.89. The van der Waals surface area contributed by atoms with Crippen molar-refractivity contribution >= 4 is 11.3 Å². The van der Waals surface area contributed by atoms with Gasteiger partial charge in [0.05, 0.1) is 6.10 Å². The van der Waals surface area contributed by atoms with Crippen LogP contribution < -0.4 is 0 Å². The van der Waals surface area contributed by atoms with Crippen molar-refractivity contribution in [3.63, 3.8) is 0 Å². The van der Waals surface area contributed by atoms with Crippen LogP contribution in [0.15, 0.2) is 36.4 Å². The van der Waals surface area contributed by atoms with Gasteiger partial charge in [0.25, 0.3) is 0 Å². The Hall–Kier alpha value is -1.12. The Morgan fingerprint density at radius 3 is 2.68 bits per heavy atom. The predicted octanol–water partition coefficient (Wildman–Crippen LogP) is 4.29. The topological polar surface area (TPSA) is 20.2 Å². The average Bonchev–Trinajstić information content (AvgIpc) is 2.90. The first-order valence-electron chi connectivity index (χ1n) is 7.16. The number of rotatable bonds is 4. The van der Waals surface area contributed by atoms with Crippen LogP contribution >= 0.6 is 11.3 Å². The summed E-state index contributed by atoms with van der Waals surface area (Å²) in [5.41, 5.74) is 2.80. The number of thiophene rings is 1. The lowest BCUT2D eigenvalue weighted by atomic mass is 9.98. The van der Waals surface area contributed by atoms with Gasteiger partial charge in [0.15, 0.2) is 0 Å². The average molecular weight is 272 g/mol. The molecule has 19 heavy (non-hydrogen) atoms. The highest BCUT2D eigenvalue weighted by Gasteiger charge is 2.17. The third kappa shape index (κ3) is 3.07. The molecule has 0 bridgehead atoms. The van der Waals surface area contributed by atoms with Crippen LogP contribution in [0.4, 0.5) is 0 Å². The Bertz CT molecular complexity index is 506. The van der Waals surface area contributed by atoms with Gasteiger partial charge in [-0.15, -0.1) is 11.3 Å². The second-order valence-electron chi connectivity index (χ2n) is 5.34. The number of benzene rings is 1. The third-order valence-corrected chi connectivity index (χ3v) is 5.23. The lowest BCUT2D eigenvalue weighted by molar-refractivity contribution is 0.171. The zero-order valence-corrected chi connectivity index (χ0v) is 12.0. The van der Waals surface area contributed by atoms with Crippen LogP contribution in [0.2, 0.25) is 0 Å². The zero-order chi connectivity index (χ0) is 13.1. The summed E-state index contributed by atoms with van der Waals surface area (Å²) >= 11 is 1.83. The van der Waals surface area contributed by atoms with Crippen LogP contribution in [0.1, 0.15) is 46.2 Å². The maximum Gasteiger partial charge on any atom is 0.0885 e. The molecule has 0 saturated heterocycles. The summed E-state index contributed by atoms with van der Waals surface area (Å²) < 4.78 is 0. The number of aliphatic hydroxyl groups excluding tert-OH is 1. The first kappa shape index (κ1) is 12.9. The minimum absolute atomic E-state index is 0.296. The van der Waals surface area contributed by atoms with Gasteiger partial charge < -0.3 is 5.11 Å². The van der Waals surface area contributed by atoms with Gasteiger partial charge in [-0.25, -0.2) is 0 Å². The summed E-state index contributed by atoms with van der Waals surface area (Å²) in [5.74, 6) is 0. The number of fused-ring (bicyclic) bond motifs is 1. The molecule has 0 saturated carbocycles. The van der Waals surface area contributed by atoms with Gasteiger partial charge in [0, 0.05) is 9.75 Å². The monoisotopic (exact) mass is 272 g/mol.